The molecule has 1 aromatic rings. The lowest BCUT2D eigenvalue weighted by Gasteiger charge is -2.20. The molecule has 0 aliphatic rings. The zero-order chi connectivity index (χ0) is 13.4. The Balaban J connectivity index is 2.24. The first-order valence-electron chi connectivity index (χ1n) is 5.85. The SMILES string of the molecule is COCCN(C)CC(O)COc1ccc(Br)cc1. The number of aliphatic hydroxyl groups excluding tert-OH is 1. The standard InChI is InChI=1S/C13H20BrNO3/c1-15(7-8-17-2)9-12(16)10-18-13-5-3-11(14)4-6-13/h3-6,12,16H,7-10H2,1-2H3. The summed E-state index contributed by atoms with van der Waals surface area (Å²) in [4.78, 5) is 2.01. The Kier molecular flexibility index (Phi) is 7.27. The predicted octanol–water partition coefficient (Wildman–Crippen LogP) is 1.77. The van der Waals surface area contributed by atoms with Crippen LogP contribution in [0.5, 0.6) is 5.75 Å². The highest BCUT2D eigenvalue weighted by Crippen LogP contribution is 2.16. The number of halogens is 1. The molecule has 0 spiro atoms. The van der Waals surface area contributed by atoms with Crippen molar-refractivity contribution in [3.8, 4) is 5.75 Å². The molecule has 1 rings (SSSR count). The highest BCUT2D eigenvalue weighted by atomic mass is 79.9. The van der Waals surface area contributed by atoms with Crippen LogP contribution in [0.25, 0.3) is 0 Å². The fourth-order valence-corrected chi connectivity index (χ4v) is 1.74. The van der Waals surface area contributed by atoms with E-state index in [1.807, 2.05) is 36.2 Å². The van der Waals surface area contributed by atoms with Crippen molar-refractivity contribution in [3.05, 3.63) is 28.7 Å². The fraction of sp³-hybridized carbons (Fsp3) is 0.538. The summed E-state index contributed by atoms with van der Waals surface area (Å²) in [6, 6.07) is 7.55. The second-order valence-corrected chi connectivity index (χ2v) is 5.09. The summed E-state index contributed by atoms with van der Waals surface area (Å²) >= 11 is 3.36. The third-order valence-corrected chi connectivity index (χ3v) is 2.98. The Labute approximate surface area is 117 Å². The molecule has 1 N–H and O–H groups in total. The summed E-state index contributed by atoms with van der Waals surface area (Å²) < 4.78 is 11.5. The van der Waals surface area contributed by atoms with Crippen molar-refractivity contribution in [2.24, 2.45) is 0 Å². The minimum Gasteiger partial charge on any atom is -0.491 e. The van der Waals surface area contributed by atoms with Gasteiger partial charge in [-0.05, 0) is 31.3 Å². The lowest BCUT2D eigenvalue weighted by molar-refractivity contribution is 0.0668. The monoisotopic (exact) mass is 317 g/mol. The molecule has 0 bridgehead atoms. The minimum absolute atomic E-state index is 0.291. The molecule has 1 atom stereocenters. The smallest absolute Gasteiger partial charge is 0.119 e. The molecule has 102 valence electrons. The minimum atomic E-state index is -0.504. The van der Waals surface area contributed by atoms with E-state index >= 15 is 0 Å². The molecule has 0 heterocycles. The molecule has 4 nitrogen and oxygen atoms in total. The van der Waals surface area contributed by atoms with E-state index in [4.69, 9.17) is 9.47 Å². The van der Waals surface area contributed by atoms with Crippen LogP contribution in [0.3, 0.4) is 0 Å². The molecule has 0 aromatic heterocycles. The van der Waals surface area contributed by atoms with Crippen molar-refractivity contribution in [2.75, 3.05) is 40.5 Å². The summed E-state index contributed by atoms with van der Waals surface area (Å²) in [6.45, 7) is 2.32. The molecule has 0 aliphatic heterocycles. The number of hydrogen-bond acceptors (Lipinski definition) is 4. The zero-order valence-electron chi connectivity index (χ0n) is 10.8. The number of ether oxygens (including phenoxy) is 2. The highest BCUT2D eigenvalue weighted by molar-refractivity contribution is 9.10. The third-order valence-electron chi connectivity index (χ3n) is 2.46. The van der Waals surface area contributed by atoms with Crippen molar-refractivity contribution in [3.63, 3.8) is 0 Å². The van der Waals surface area contributed by atoms with Gasteiger partial charge in [0.25, 0.3) is 0 Å². The average molecular weight is 318 g/mol. The molecule has 0 fully saturated rings. The molecule has 1 unspecified atom stereocenters. The molecule has 0 saturated carbocycles. The molecule has 1 aromatic carbocycles. The van der Waals surface area contributed by atoms with Crippen molar-refractivity contribution in [1.82, 2.24) is 4.90 Å². The molecule has 18 heavy (non-hydrogen) atoms. The highest BCUT2D eigenvalue weighted by Gasteiger charge is 2.08. The van der Waals surface area contributed by atoms with Crippen LogP contribution in [-0.4, -0.2) is 56.6 Å². The van der Waals surface area contributed by atoms with Gasteiger partial charge in [0.15, 0.2) is 0 Å². The number of benzene rings is 1. The molecular weight excluding hydrogens is 298 g/mol. The van der Waals surface area contributed by atoms with E-state index in [0.29, 0.717) is 19.8 Å². The number of rotatable bonds is 8. The molecular formula is C13H20BrNO3. The van der Waals surface area contributed by atoms with Crippen LogP contribution in [0.1, 0.15) is 0 Å². The molecule has 0 radical (unpaired) electrons. The van der Waals surface area contributed by atoms with Gasteiger partial charge in [-0.3, -0.25) is 0 Å². The van der Waals surface area contributed by atoms with Gasteiger partial charge in [-0.15, -0.1) is 0 Å². The van der Waals surface area contributed by atoms with E-state index in [-0.39, 0.29) is 0 Å². The van der Waals surface area contributed by atoms with Crippen LogP contribution in [0.2, 0.25) is 0 Å². The lowest BCUT2D eigenvalue weighted by Crippen LogP contribution is -2.34. The maximum atomic E-state index is 9.82. The predicted molar refractivity (Wildman–Crippen MR) is 75.0 cm³/mol. The first-order valence-corrected chi connectivity index (χ1v) is 6.65. The molecule has 5 heteroatoms. The van der Waals surface area contributed by atoms with E-state index < -0.39 is 6.10 Å². The largest absolute Gasteiger partial charge is 0.491 e. The lowest BCUT2D eigenvalue weighted by atomic mass is 10.3. The Morgan fingerprint density at radius 1 is 1.33 bits per heavy atom. The zero-order valence-corrected chi connectivity index (χ0v) is 12.4. The number of nitrogens with zero attached hydrogens (tertiary/aromatic N) is 1. The van der Waals surface area contributed by atoms with Gasteiger partial charge in [0.2, 0.25) is 0 Å². The second kappa shape index (κ2) is 8.48. The van der Waals surface area contributed by atoms with Crippen molar-refractivity contribution in [1.29, 1.82) is 0 Å². The van der Waals surface area contributed by atoms with Crippen LogP contribution in [-0.2, 0) is 4.74 Å². The van der Waals surface area contributed by atoms with Gasteiger partial charge in [0.1, 0.15) is 18.5 Å². The van der Waals surface area contributed by atoms with Crippen molar-refractivity contribution >= 4 is 15.9 Å². The summed E-state index contributed by atoms with van der Waals surface area (Å²) in [7, 11) is 3.61. The summed E-state index contributed by atoms with van der Waals surface area (Å²) in [5.74, 6) is 0.761. The molecule has 0 aliphatic carbocycles. The van der Waals surface area contributed by atoms with E-state index in [1.165, 1.54) is 0 Å². The maximum absolute atomic E-state index is 9.82. The Bertz CT molecular complexity index is 332. The van der Waals surface area contributed by atoms with Crippen LogP contribution in [0.4, 0.5) is 0 Å². The third kappa shape index (κ3) is 6.35. The topological polar surface area (TPSA) is 41.9 Å². The number of aliphatic hydroxyl groups is 1. The van der Waals surface area contributed by atoms with Gasteiger partial charge in [0, 0.05) is 24.7 Å². The van der Waals surface area contributed by atoms with Crippen molar-refractivity contribution < 1.29 is 14.6 Å². The van der Waals surface area contributed by atoms with Gasteiger partial charge in [-0.25, -0.2) is 0 Å². The van der Waals surface area contributed by atoms with Gasteiger partial charge in [-0.1, -0.05) is 15.9 Å². The van der Waals surface area contributed by atoms with Crippen LogP contribution in [0, 0.1) is 0 Å². The van der Waals surface area contributed by atoms with E-state index in [2.05, 4.69) is 15.9 Å². The van der Waals surface area contributed by atoms with Crippen LogP contribution < -0.4 is 4.74 Å². The van der Waals surface area contributed by atoms with E-state index in [0.717, 1.165) is 16.8 Å². The van der Waals surface area contributed by atoms with Gasteiger partial charge < -0.3 is 19.5 Å². The molecule has 0 saturated heterocycles. The first kappa shape index (κ1) is 15.4. The molecule has 0 amide bonds. The Morgan fingerprint density at radius 2 is 2.00 bits per heavy atom. The van der Waals surface area contributed by atoms with E-state index in [1.54, 1.807) is 7.11 Å². The summed E-state index contributed by atoms with van der Waals surface area (Å²) in [6.07, 6.45) is -0.504. The van der Waals surface area contributed by atoms with Gasteiger partial charge >= 0.3 is 0 Å². The first-order chi connectivity index (χ1) is 8.61. The number of likely N-dealkylation sites (N-methyl/N-ethyl adjacent to an activating group) is 1. The fourth-order valence-electron chi connectivity index (χ4n) is 1.47. The van der Waals surface area contributed by atoms with Crippen LogP contribution >= 0.6 is 15.9 Å². The normalized spacial score (nSPS) is 12.7. The Morgan fingerprint density at radius 3 is 2.61 bits per heavy atom. The van der Waals surface area contributed by atoms with Crippen molar-refractivity contribution in [2.45, 2.75) is 6.10 Å². The van der Waals surface area contributed by atoms with Gasteiger partial charge in [0.05, 0.1) is 6.61 Å². The number of methoxy groups -OCH3 is 1. The summed E-state index contributed by atoms with van der Waals surface area (Å²) in [5, 5.41) is 9.82. The average Bonchev–Trinajstić information content (AvgIpc) is 2.35. The number of hydrogen-bond donors (Lipinski definition) is 1. The Hall–Kier alpha value is -0.620. The second-order valence-electron chi connectivity index (χ2n) is 4.17. The summed E-state index contributed by atoms with van der Waals surface area (Å²) in [5.41, 5.74) is 0. The quantitative estimate of drug-likeness (QED) is 0.793. The van der Waals surface area contributed by atoms with Crippen LogP contribution in [0.15, 0.2) is 28.7 Å². The van der Waals surface area contributed by atoms with Gasteiger partial charge in [-0.2, -0.15) is 0 Å². The maximum Gasteiger partial charge on any atom is 0.119 e. The van der Waals surface area contributed by atoms with E-state index in [9.17, 15) is 5.11 Å².